The maximum atomic E-state index is 11.2. The third-order valence-corrected chi connectivity index (χ3v) is 2.08. The molecule has 13 heavy (non-hydrogen) atoms. The number of rotatable bonds is 4. The lowest BCUT2D eigenvalue weighted by molar-refractivity contribution is -0.133. The second kappa shape index (κ2) is 4.84. The minimum atomic E-state index is -0.0444. The van der Waals surface area contributed by atoms with Crippen LogP contribution >= 0.6 is 0 Å². The molecule has 2 amide bonds. The molecule has 0 aromatic heterocycles. The van der Waals surface area contributed by atoms with Gasteiger partial charge < -0.3 is 10.2 Å². The Bertz CT molecular complexity index is 209. The van der Waals surface area contributed by atoms with Crippen LogP contribution < -0.4 is 5.32 Å². The van der Waals surface area contributed by atoms with Crippen molar-refractivity contribution in [2.45, 2.75) is 26.2 Å². The van der Waals surface area contributed by atoms with Crippen molar-refractivity contribution >= 4 is 11.8 Å². The lowest BCUT2D eigenvalue weighted by Gasteiger charge is -2.14. The van der Waals surface area contributed by atoms with Crippen molar-refractivity contribution in [2.75, 3.05) is 19.6 Å². The first-order valence-electron chi connectivity index (χ1n) is 4.78. The Morgan fingerprint density at radius 2 is 2.46 bits per heavy atom. The van der Waals surface area contributed by atoms with Crippen LogP contribution in [0.5, 0.6) is 0 Å². The summed E-state index contributed by atoms with van der Waals surface area (Å²) in [6, 6.07) is 0. The summed E-state index contributed by atoms with van der Waals surface area (Å²) in [5.41, 5.74) is 0. The van der Waals surface area contributed by atoms with E-state index in [4.69, 9.17) is 0 Å². The maximum absolute atomic E-state index is 11.2. The molecular formula is C9H18N2O2. The fraction of sp³-hybridized carbons (Fsp3) is 0.778. The molecule has 1 N–H and O–H groups in total. The Kier molecular flexibility index (Phi) is 3.73. The van der Waals surface area contributed by atoms with Crippen LogP contribution in [0.1, 0.15) is 27.6 Å². The number of carbonyl (C=O) groups is 2. The molecule has 0 aromatic rings. The molecular weight excluding hydrogens is 168 g/mol. The van der Waals surface area contributed by atoms with Crippen LogP contribution in [0.4, 0.5) is 0 Å². The fourth-order valence-corrected chi connectivity index (χ4v) is 1.36. The Morgan fingerprint density at radius 3 is 3.00 bits per heavy atom. The highest BCUT2D eigenvalue weighted by Crippen LogP contribution is 2.08. The molecule has 1 aliphatic rings. The molecule has 0 saturated carbocycles. The molecule has 0 spiro atoms. The Hall–Kier alpha value is -1.06. The molecule has 1 fully saturated rings. The summed E-state index contributed by atoms with van der Waals surface area (Å²) in [4.78, 5) is 23.9. The topological polar surface area (TPSA) is 49.4 Å². The molecule has 0 bridgehead atoms. The molecule has 4 nitrogen and oxygen atoms in total. The van der Waals surface area contributed by atoms with Crippen molar-refractivity contribution in [3.63, 3.8) is 0 Å². The van der Waals surface area contributed by atoms with Crippen molar-refractivity contribution in [1.82, 2.24) is 10.2 Å². The fourth-order valence-electron chi connectivity index (χ4n) is 1.36. The van der Waals surface area contributed by atoms with E-state index in [1.165, 1.54) is 0 Å². The predicted octanol–water partition coefficient (Wildman–Crippen LogP) is 0.381. The summed E-state index contributed by atoms with van der Waals surface area (Å²) in [5.74, 6) is 0.0590. The van der Waals surface area contributed by atoms with Gasteiger partial charge in [0, 0.05) is 20.9 Å². The van der Waals surface area contributed by atoms with Gasteiger partial charge in [0.2, 0.25) is 11.8 Å². The number of hydrogen-bond donors (Lipinski definition) is 1. The van der Waals surface area contributed by atoms with E-state index in [-0.39, 0.29) is 19.8 Å². The minimum absolute atomic E-state index is 0. The van der Waals surface area contributed by atoms with Gasteiger partial charge in [-0.2, -0.15) is 0 Å². The van der Waals surface area contributed by atoms with E-state index in [1.54, 1.807) is 4.90 Å². The van der Waals surface area contributed by atoms with Crippen LogP contribution in [0.3, 0.4) is 0 Å². The highest BCUT2D eigenvalue weighted by atomic mass is 16.2. The van der Waals surface area contributed by atoms with Gasteiger partial charge in [0.15, 0.2) is 0 Å². The maximum Gasteiger partial charge on any atom is 0.239 e. The molecule has 0 radical (unpaired) electrons. The minimum Gasteiger partial charge on any atom is -0.355 e. The molecule has 1 rings (SSSR count). The van der Waals surface area contributed by atoms with E-state index >= 15 is 0 Å². The Morgan fingerprint density at radius 1 is 1.69 bits per heavy atom. The second-order valence-corrected chi connectivity index (χ2v) is 3.27. The van der Waals surface area contributed by atoms with Crippen LogP contribution in [0.2, 0.25) is 0 Å². The zero-order valence-corrected chi connectivity index (χ0v) is 8.01. The van der Waals surface area contributed by atoms with Gasteiger partial charge in [-0.1, -0.05) is 6.92 Å². The van der Waals surface area contributed by atoms with Gasteiger partial charge in [-0.15, -0.1) is 0 Å². The second-order valence-electron chi connectivity index (χ2n) is 3.27. The largest absolute Gasteiger partial charge is 0.355 e. The molecule has 1 heterocycles. The first-order valence-corrected chi connectivity index (χ1v) is 4.78. The van der Waals surface area contributed by atoms with Gasteiger partial charge in [0.05, 0.1) is 6.54 Å². The number of amides is 2. The molecule has 4 heteroatoms. The van der Waals surface area contributed by atoms with Crippen LogP contribution in [0, 0.1) is 0 Å². The van der Waals surface area contributed by atoms with Crippen LogP contribution in [0.15, 0.2) is 0 Å². The number of hydrogen-bond acceptors (Lipinski definition) is 2. The highest BCUT2D eigenvalue weighted by molar-refractivity contribution is 5.85. The average Bonchev–Trinajstić information content (AvgIpc) is 2.48. The first-order chi connectivity index (χ1) is 6.24. The van der Waals surface area contributed by atoms with Gasteiger partial charge in [-0.25, -0.2) is 0 Å². The highest BCUT2D eigenvalue weighted by Gasteiger charge is 2.21. The lowest BCUT2D eigenvalue weighted by atomic mass is 10.4. The summed E-state index contributed by atoms with van der Waals surface area (Å²) in [6.07, 6.45) is 2.42. The predicted molar refractivity (Wildman–Crippen MR) is 51.2 cm³/mol. The molecule has 0 aliphatic carbocycles. The summed E-state index contributed by atoms with van der Waals surface area (Å²) in [7, 11) is 0. The molecule has 0 aromatic carbocycles. The average molecular weight is 186 g/mol. The normalized spacial score (nSPS) is 16.4. The van der Waals surface area contributed by atoms with E-state index in [0.29, 0.717) is 13.0 Å². The zero-order chi connectivity index (χ0) is 9.68. The molecule has 0 atom stereocenters. The van der Waals surface area contributed by atoms with Crippen LogP contribution in [0.25, 0.3) is 0 Å². The van der Waals surface area contributed by atoms with E-state index in [9.17, 15) is 9.59 Å². The quantitative estimate of drug-likeness (QED) is 0.690. The van der Waals surface area contributed by atoms with E-state index in [1.807, 2.05) is 6.92 Å². The standard InChI is InChI=1S/C9H16N2O2.H2/c1-2-5-10-8(12)7-11-6-3-4-9(11)13;/h2-7H2,1H3,(H,10,12);1H. The molecule has 76 valence electrons. The SMILES string of the molecule is CCCNC(=O)CN1CCCC1=O.[HH]. The molecule has 0 unspecified atom stereocenters. The first kappa shape index (κ1) is 10.0. The Balaban J connectivity index is 0.00000169. The third-order valence-electron chi connectivity index (χ3n) is 2.08. The monoisotopic (exact) mass is 186 g/mol. The number of carbonyl (C=O) groups excluding carboxylic acids is 2. The van der Waals surface area contributed by atoms with Gasteiger partial charge in [-0.05, 0) is 12.8 Å². The number of nitrogens with zero attached hydrogens (tertiary/aromatic N) is 1. The van der Waals surface area contributed by atoms with Gasteiger partial charge in [0.25, 0.3) is 0 Å². The van der Waals surface area contributed by atoms with Gasteiger partial charge >= 0.3 is 0 Å². The van der Waals surface area contributed by atoms with Crippen molar-refractivity contribution in [3.05, 3.63) is 0 Å². The van der Waals surface area contributed by atoms with Gasteiger partial charge in [-0.3, -0.25) is 9.59 Å². The van der Waals surface area contributed by atoms with E-state index in [2.05, 4.69) is 5.32 Å². The van der Waals surface area contributed by atoms with E-state index in [0.717, 1.165) is 19.4 Å². The Labute approximate surface area is 79.8 Å². The van der Waals surface area contributed by atoms with Crippen molar-refractivity contribution in [3.8, 4) is 0 Å². The van der Waals surface area contributed by atoms with Crippen molar-refractivity contribution in [2.24, 2.45) is 0 Å². The summed E-state index contributed by atoms with van der Waals surface area (Å²) in [5, 5.41) is 2.75. The van der Waals surface area contributed by atoms with E-state index < -0.39 is 0 Å². The van der Waals surface area contributed by atoms with Crippen LogP contribution in [-0.2, 0) is 9.59 Å². The van der Waals surface area contributed by atoms with Crippen LogP contribution in [-0.4, -0.2) is 36.3 Å². The summed E-state index contributed by atoms with van der Waals surface area (Å²) in [6.45, 7) is 3.67. The molecule has 1 aliphatic heterocycles. The van der Waals surface area contributed by atoms with Crippen molar-refractivity contribution in [1.29, 1.82) is 0 Å². The number of nitrogens with one attached hydrogen (secondary N) is 1. The third kappa shape index (κ3) is 3.05. The van der Waals surface area contributed by atoms with Gasteiger partial charge in [0.1, 0.15) is 0 Å². The zero-order valence-electron chi connectivity index (χ0n) is 8.01. The summed E-state index contributed by atoms with van der Waals surface area (Å²) >= 11 is 0. The number of likely N-dealkylation sites (tertiary alicyclic amines) is 1. The lowest BCUT2D eigenvalue weighted by Crippen LogP contribution is -2.38. The smallest absolute Gasteiger partial charge is 0.239 e. The van der Waals surface area contributed by atoms with Crippen molar-refractivity contribution < 1.29 is 11.0 Å². The molecule has 1 saturated heterocycles. The summed E-state index contributed by atoms with van der Waals surface area (Å²) < 4.78 is 0.